The first kappa shape index (κ1) is 17.7. The van der Waals surface area contributed by atoms with Gasteiger partial charge in [0.25, 0.3) is 0 Å². The van der Waals surface area contributed by atoms with Gasteiger partial charge >= 0.3 is 0 Å². The van der Waals surface area contributed by atoms with Gasteiger partial charge in [0.2, 0.25) is 11.8 Å². The zero-order chi connectivity index (χ0) is 17.5. The Kier molecular flexibility index (Phi) is 4.92. The van der Waals surface area contributed by atoms with Gasteiger partial charge in [-0.3, -0.25) is 9.59 Å². The predicted molar refractivity (Wildman–Crippen MR) is 92.1 cm³/mol. The summed E-state index contributed by atoms with van der Waals surface area (Å²) in [6.07, 6.45) is 6.94. The summed E-state index contributed by atoms with van der Waals surface area (Å²) >= 11 is 0. The lowest BCUT2D eigenvalue weighted by atomic mass is 9.49. The zero-order valence-corrected chi connectivity index (χ0v) is 15.3. The minimum absolute atomic E-state index is 0.0384. The molecule has 0 radical (unpaired) electrons. The summed E-state index contributed by atoms with van der Waals surface area (Å²) in [4.78, 5) is 27.3. The van der Waals surface area contributed by atoms with Crippen molar-refractivity contribution in [1.82, 2.24) is 10.2 Å². The molecule has 4 fully saturated rings. The fraction of sp³-hybridized carbons (Fsp3) is 0.895. The first-order valence-corrected chi connectivity index (χ1v) is 9.51. The third kappa shape index (κ3) is 3.19. The lowest BCUT2D eigenvalue weighted by Gasteiger charge is -2.56. The van der Waals surface area contributed by atoms with Gasteiger partial charge in [-0.25, -0.2) is 0 Å². The topological polar surface area (TPSA) is 69.6 Å². The van der Waals surface area contributed by atoms with E-state index in [0.29, 0.717) is 24.3 Å². The first-order chi connectivity index (χ1) is 11.3. The van der Waals surface area contributed by atoms with Gasteiger partial charge in [-0.05, 0) is 62.2 Å². The predicted octanol–water partition coefficient (Wildman–Crippen LogP) is 1.79. The molecule has 4 aliphatic carbocycles. The van der Waals surface area contributed by atoms with Crippen LogP contribution in [-0.4, -0.2) is 48.1 Å². The van der Waals surface area contributed by atoms with E-state index in [9.17, 15) is 9.59 Å². The van der Waals surface area contributed by atoms with Crippen LogP contribution in [0.1, 0.15) is 52.4 Å². The highest BCUT2D eigenvalue weighted by Crippen LogP contribution is 2.60. The van der Waals surface area contributed by atoms with Crippen LogP contribution in [0, 0.1) is 29.1 Å². The van der Waals surface area contributed by atoms with Crippen LogP contribution >= 0.6 is 0 Å². The van der Waals surface area contributed by atoms with E-state index in [4.69, 9.17) is 5.11 Å². The maximum atomic E-state index is 13.2. The molecule has 5 nitrogen and oxygen atoms in total. The van der Waals surface area contributed by atoms with Crippen molar-refractivity contribution in [3.63, 3.8) is 0 Å². The number of hydrogen-bond acceptors (Lipinski definition) is 3. The van der Waals surface area contributed by atoms with E-state index in [-0.39, 0.29) is 29.8 Å². The fourth-order valence-corrected chi connectivity index (χ4v) is 5.69. The Morgan fingerprint density at radius 1 is 1.12 bits per heavy atom. The summed E-state index contributed by atoms with van der Waals surface area (Å²) in [6.45, 7) is 4.18. The molecule has 0 aliphatic heterocycles. The molecule has 24 heavy (non-hydrogen) atoms. The van der Waals surface area contributed by atoms with Crippen molar-refractivity contribution in [2.45, 2.75) is 58.4 Å². The van der Waals surface area contributed by atoms with Gasteiger partial charge in [-0.2, -0.15) is 0 Å². The van der Waals surface area contributed by atoms with Crippen molar-refractivity contribution < 1.29 is 14.7 Å². The molecule has 0 saturated heterocycles. The van der Waals surface area contributed by atoms with Gasteiger partial charge in [-0.1, -0.05) is 13.8 Å². The third-order valence-electron chi connectivity index (χ3n) is 6.55. The monoisotopic (exact) mass is 336 g/mol. The fourth-order valence-electron chi connectivity index (χ4n) is 5.69. The molecule has 0 spiro atoms. The van der Waals surface area contributed by atoms with E-state index in [0.717, 1.165) is 19.3 Å². The number of hydrogen-bond donors (Lipinski definition) is 2. The quantitative estimate of drug-likeness (QED) is 0.777. The largest absolute Gasteiger partial charge is 0.395 e. The Morgan fingerprint density at radius 3 is 2.04 bits per heavy atom. The molecular weight excluding hydrogens is 304 g/mol. The molecule has 0 aromatic heterocycles. The van der Waals surface area contributed by atoms with Crippen molar-refractivity contribution in [2.24, 2.45) is 29.1 Å². The van der Waals surface area contributed by atoms with Gasteiger partial charge in [0.15, 0.2) is 0 Å². The standard InChI is InChI=1S/C19H32N2O3/c1-12(2)16(17(23)21(3)4-5-22)20-18(24)19-9-13-6-14(10-19)8-15(7-13)11-19/h12-16,22H,4-11H2,1-3H3,(H,20,24). The van der Waals surface area contributed by atoms with Crippen LogP contribution in [0.15, 0.2) is 0 Å². The molecule has 136 valence electrons. The van der Waals surface area contributed by atoms with Crippen molar-refractivity contribution in [3.05, 3.63) is 0 Å². The third-order valence-corrected chi connectivity index (χ3v) is 6.55. The number of aliphatic hydroxyl groups is 1. The second kappa shape index (κ2) is 6.66. The summed E-state index contributed by atoms with van der Waals surface area (Å²) in [7, 11) is 1.69. The molecule has 0 aromatic carbocycles. The molecule has 2 N–H and O–H groups in total. The summed E-state index contributed by atoms with van der Waals surface area (Å²) in [5.41, 5.74) is -0.224. The average Bonchev–Trinajstić information content (AvgIpc) is 2.50. The Labute approximate surface area is 145 Å². The molecule has 1 atom stereocenters. The van der Waals surface area contributed by atoms with Gasteiger partial charge < -0.3 is 15.3 Å². The van der Waals surface area contributed by atoms with Gasteiger partial charge in [-0.15, -0.1) is 0 Å². The van der Waals surface area contributed by atoms with Crippen LogP contribution in [0.5, 0.6) is 0 Å². The Bertz CT molecular complexity index is 468. The first-order valence-electron chi connectivity index (χ1n) is 9.51. The van der Waals surface area contributed by atoms with E-state index in [1.165, 1.54) is 24.2 Å². The summed E-state index contributed by atoms with van der Waals surface area (Å²) < 4.78 is 0. The number of carbonyl (C=O) groups excluding carboxylic acids is 2. The normalized spacial score (nSPS) is 35.1. The van der Waals surface area contributed by atoms with E-state index in [1.54, 1.807) is 7.05 Å². The van der Waals surface area contributed by atoms with Gasteiger partial charge in [0.1, 0.15) is 6.04 Å². The lowest BCUT2D eigenvalue weighted by Crippen LogP contribution is -2.58. The minimum atomic E-state index is -0.498. The molecule has 4 rings (SSSR count). The van der Waals surface area contributed by atoms with Gasteiger partial charge in [0, 0.05) is 19.0 Å². The summed E-state index contributed by atoms with van der Waals surface area (Å²) in [5, 5.41) is 12.2. The van der Waals surface area contributed by atoms with Crippen LogP contribution in [0.2, 0.25) is 0 Å². The van der Waals surface area contributed by atoms with Crippen LogP contribution in [-0.2, 0) is 9.59 Å². The number of nitrogens with zero attached hydrogens (tertiary/aromatic N) is 1. The Balaban J connectivity index is 1.71. The average molecular weight is 336 g/mol. The molecule has 4 aliphatic rings. The number of nitrogens with one attached hydrogen (secondary N) is 1. The molecule has 0 heterocycles. The van der Waals surface area contributed by atoms with E-state index in [2.05, 4.69) is 5.32 Å². The maximum Gasteiger partial charge on any atom is 0.245 e. The van der Waals surface area contributed by atoms with Crippen molar-refractivity contribution in [2.75, 3.05) is 20.2 Å². The van der Waals surface area contributed by atoms with Crippen LogP contribution < -0.4 is 5.32 Å². The van der Waals surface area contributed by atoms with Crippen LogP contribution in [0.25, 0.3) is 0 Å². The van der Waals surface area contributed by atoms with Crippen molar-refractivity contribution in [3.8, 4) is 0 Å². The van der Waals surface area contributed by atoms with E-state index in [1.807, 2.05) is 13.8 Å². The van der Waals surface area contributed by atoms with Crippen molar-refractivity contribution in [1.29, 1.82) is 0 Å². The highest BCUT2D eigenvalue weighted by atomic mass is 16.3. The number of aliphatic hydroxyl groups excluding tert-OH is 1. The summed E-state index contributed by atoms with van der Waals surface area (Å²) in [5.74, 6) is 2.19. The Morgan fingerprint density at radius 2 is 1.62 bits per heavy atom. The van der Waals surface area contributed by atoms with E-state index >= 15 is 0 Å². The number of rotatable bonds is 6. The van der Waals surface area contributed by atoms with Gasteiger partial charge in [0.05, 0.1) is 6.61 Å². The van der Waals surface area contributed by atoms with Crippen LogP contribution in [0.4, 0.5) is 0 Å². The minimum Gasteiger partial charge on any atom is -0.395 e. The zero-order valence-electron chi connectivity index (χ0n) is 15.3. The SMILES string of the molecule is CC(C)C(NC(=O)C12CC3CC(CC(C3)C1)C2)C(=O)N(C)CCO. The molecule has 0 aromatic rings. The highest BCUT2D eigenvalue weighted by Gasteiger charge is 2.55. The second-order valence-electron chi connectivity index (χ2n) is 8.88. The molecule has 4 bridgehead atoms. The number of likely N-dealkylation sites (N-methyl/N-ethyl adjacent to an activating group) is 1. The highest BCUT2D eigenvalue weighted by molar-refractivity contribution is 5.90. The molecule has 1 unspecified atom stereocenters. The van der Waals surface area contributed by atoms with Crippen LogP contribution in [0.3, 0.4) is 0 Å². The smallest absolute Gasteiger partial charge is 0.245 e. The maximum absolute atomic E-state index is 13.2. The Hall–Kier alpha value is -1.10. The molecule has 4 saturated carbocycles. The molecule has 2 amide bonds. The lowest BCUT2D eigenvalue weighted by molar-refractivity contribution is -0.150. The van der Waals surface area contributed by atoms with Crippen molar-refractivity contribution >= 4 is 11.8 Å². The number of carbonyl (C=O) groups is 2. The molecule has 5 heteroatoms. The summed E-state index contributed by atoms with van der Waals surface area (Å²) in [6, 6.07) is -0.498. The number of amides is 2. The second-order valence-corrected chi connectivity index (χ2v) is 8.88. The molecular formula is C19H32N2O3. The van der Waals surface area contributed by atoms with E-state index < -0.39 is 6.04 Å².